The van der Waals surface area contributed by atoms with Gasteiger partial charge in [-0.25, -0.2) is 8.42 Å². The number of amides is 1. The first-order valence-corrected chi connectivity index (χ1v) is 12.0. The summed E-state index contributed by atoms with van der Waals surface area (Å²) in [5, 5.41) is 4.03. The molecule has 1 heterocycles. The predicted molar refractivity (Wildman–Crippen MR) is 127 cm³/mol. The third-order valence-corrected chi connectivity index (χ3v) is 7.27. The summed E-state index contributed by atoms with van der Waals surface area (Å²) in [6, 6.07) is 23.1. The number of hydrogen-bond donors (Lipinski definition) is 2. The van der Waals surface area contributed by atoms with Crippen LogP contribution < -0.4 is 9.62 Å². The van der Waals surface area contributed by atoms with Gasteiger partial charge in [-0.15, -0.1) is 0 Å². The number of nitrogens with zero attached hydrogens (tertiary/aromatic N) is 1. The molecule has 4 rings (SSSR count). The fraction of sp³-hybridized carbons (Fsp3) is 0.160. The Morgan fingerprint density at radius 2 is 1.72 bits per heavy atom. The highest BCUT2D eigenvalue weighted by molar-refractivity contribution is 7.92. The fourth-order valence-electron chi connectivity index (χ4n) is 3.76. The Kier molecular flexibility index (Phi) is 6.28. The molecular formula is C25H25N3O3S. The Labute approximate surface area is 187 Å². The summed E-state index contributed by atoms with van der Waals surface area (Å²) < 4.78 is 27.8. The second kappa shape index (κ2) is 9.28. The van der Waals surface area contributed by atoms with Crippen molar-refractivity contribution in [3.8, 4) is 0 Å². The normalized spacial score (nSPS) is 11.4. The lowest BCUT2D eigenvalue weighted by atomic mass is 10.1. The fourth-order valence-corrected chi connectivity index (χ4v) is 5.28. The maximum absolute atomic E-state index is 13.2. The molecule has 2 N–H and O–H groups in total. The molecule has 3 aromatic carbocycles. The number of para-hydroxylation sites is 2. The maximum Gasteiger partial charge on any atom is 0.264 e. The van der Waals surface area contributed by atoms with Crippen LogP contribution >= 0.6 is 0 Å². The van der Waals surface area contributed by atoms with Gasteiger partial charge in [-0.05, 0) is 55.3 Å². The first kappa shape index (κ1) is 21.6. The van der Waals surface area contributed by atoms with Crippen LogP contribution in [0.5, 0.6) is 0 Å². The van der Waals surface area contributed by atoms with E-state index in [1.54, 1.807) is 43.3 Å². The third-order valence-electron chi connectivity index (χ3n) is 5.37. The largest absolute Gasteiger partial charge is 0.361 e. The summed E-state index contributed by atoms with van der Waals surface area (Å²) in [5.41, 5.74) is 3.09. The van der Waals surface area contributed by atoms with Crippen LogP contribution in [-0.2, 0) is 16.4 Å². The minimum atomic E-state index is -3.79. The van der Waals surface area contributed by atoms with Gasteiger partial charge in [0.15, 0.2) is 0 Å². The summed E-state index contributed by atoms with van der Waals surface area (Å²) in [6.07, 6.45) is 2.62. The van der Waals surface area contributed by atoms with E-state index in [9.17, 15) is 13.2 Å². The molecule has 0 saturated carbocycles. The Hall–Kier alpha value is -3.58. The van der Waals surface area contributed by atoms with Crippen LogP contribution in [-0.4, -0.2) is 32.4 Å². The van der Waals surface area contributed by atoms with Crippen LogP contribution in [0.15, 0.2) is 90.0 Å². The van der Waals surface area contributed by atoms with Crippen molar-refractivity contribution >= 4 is 32.5 Å². The number of hydrogen-bond acceptors (Lipinski definition) is 3. The van der Waals surface area contributed by atoms with Gasteiger partial charge in [-0.1, -0.05) is 42.5 Å². The summed E-state index contributed by atoms with van der Waals surface area (Å²) in [5.74, 6) is -0.301. The number of anilines is 1. The highest BCUT2D eigenvalue weighted by atomic mass is 32.2. The molecule has 7 heteroatoms. The van der Waals surface area contributed by atoms with E-state index >= 15 is 0 Å². The minimum Gasteiger partial charge on any atom is -0.361 e. The lowest BCUT2D eigenvalue weighted by Crippen LogP contribution is -2.31. The summed E-state index contributed by atoms with van der Waals surface area (Å²) in [6.45, 7) is 2.52. The van der Waals surface area contributed by atoms with Crippen molar-refractivity contribution in [2.45, 2.75) is 18.2 Å². The zero-order valence-corrected chi connectivity index (χ0v) is 18.6. The Morgan fingerprint density at radius 3 is 2.50 bits per heavy atom. The molecule has 0 atom stereocenters. The second-order valence-electron chi connectivity index (χ2n) is 7.40. The van der Waals surface area contributed by atoms with Gasteiger partial charge in [0.1, 0.15) is 0 Å². The molecule has 0 fully saturated rings. The van der Waals surface area contributed by atoms with Crippen LogP contribution in [0.4, 0.5) is 5.69 Å². The average molecular weight is 448 g/mol. The first-order valence-electron chi connectivity index (χ1n) is 10.5. The van der Waals surface area contributed by atoms with Crippen molar-refractivity contribution in [1.29, 1.82) is 0 Å². The van der Waals surface area contributed by atoms with Crippen molar-refractivity contribution in [3.05, 3.63) is 96.2 Å². The Bertz CT molecular complexity index is 1330. The van der Waals surface area contributed by atoms with Crippen molar-refractivity contribution in [3.63, 3.8) is 0 Å². The van der Waals surface area contributed by atoms with Crippen molar-refractivity contribution < 1.29 is 13.2 Å². The summed E-state index contributed by atoms with van der Waals surface area (Å²) in [4.78, 5) is 16.0. The molecule has 32 heavy (non-hydrogen) atoms. The molecule has 0 spiro atoms. The second-order valence-corrected chi connectivity index (χ2v) is 9.26. The van der Waals surface area contributed by atoms with E-state index in [0.29, 0.717) is 24.2 Å². The average Bonchev–Trinajstić information content (AvgIpc) is 3.23. The predicted octanol–water partition coefficient (Wildman–Crippen LogP) is 4.36. The van der Waals surface area contributed by atoms with Gasteiger partial charge in [0.2, 0.25) is 0 Å². The molecule has 0 aliphatic carbocycles. The molecule has 4 aromatic rings. The first-order chi connectivity index (χ1) is 15.5. The van der Waals surface area contributed by atoms with Gasteiger partial charge in [0.25, 0.3) is 15.9 Å². The number of carbonyl (C=O) groups excluding carboxylic acids is 1. The molecule has 164 valence electrons. The Morgan fingerprint density at radius 1 is 0.969 bits per heavy atom. The van der Waals surface area contributed by atoms with Crippen LogP contribution in [0, 0.1) is 0 Å². The molecule has 0 aliphatic rings. The highest BCUT2D eigenvalue weighted by Gasteiger charge is 2.24. The van der Waals surface area contributed by atoms with Gasteiger partial charge in [-0.2, -0.15) is 0 Å². The van der Waals surface area contributed by atoms with Crippen LogP contribution in [0.25, 0.3) is 10.9 Å². The van der Waals surface area contributed by atoms with Gasteiger partial charge in [0, 0.05) is 35.8 Å². The standard InChI is InChI=1S/C25H25N3O3S/c1-2-28(21-10-4-3-5-11-21)32(30,31)22-12-8-9-19(17-22)25(29)26-16-15-20-18-27-24-14-7-6-13-23(20)24/h3-14,17-18,27H,2,15-16H2,1H3,(H,26,29). The van der Waals surface area contributed by atoms with E-state index in [2.05, 4.69) is 10.3 Å². The molecule has 6 nitrogen and oxygen atoms in total. The van der Waals surface area contributed by atoms with E-state index in [4.69, 9.17) is 0 Å². The SMILES string of the molecule is CCN(c1ccccc1)S(=O)(=O)c1cccc(C(=O)NCCc2c[nH]c3ccccc23)c1. The van der Waals surface area contributed by atoms with E-state index in [1.165, 1.54) is 16.4 Å². The zero-order chi connectivity index (χ0) is 22.6. The topological polar surface area (TPSA) is 82.3 Å². The molecule has 0 aliphatic heterocycles. The quantitative estimate of drug-likeness (QED) is 0.421. The monoisotopic (exact) mass is 447 g/mol. The summed E-state index contributed by atoms with van der Waals surface area (Å²) in [7, 11) is -3.79. The maximum atomic E-state index is 13.2. The molecule has 1 aromatic heterocycles. The number of benzene rings is 3. The van der Waals surface area contributed by atoms with Gasteiger partial charge in [0.05, 0.1) is 10.6 Å². The molecule has 0 saturated heterocycles. The Balaban J connectivity index is 1.47. The number of sulfonamides is 1. The number of aromatic nitrogens is 1. The number of nitrogens with one attached hydrogen (secondary N) is 2. The number of fused-ring (bicyclic) bond motifs is 1. The molecular weight excluding hydrogens is 422 g/mol. The minimum absolute atomic E-state index is 0.0903. The lowest BCUT2D eigenvalue weighted by molar-refractivity contribution is 0.0954. The summed E-state index contributed by atoms with van der Waals surface area (Å²) >= 11 is 0. The van der Waals surface area contributed by atoms with E-state index < -0.39 is 10.0 Å². The van der Waals surface area contributed by atoms with E-state index in [1.807, 2.05) is 36.5 Å². The van der Waals surface area contributed by atoms with Gasteiger partial charge < -0.3 is 10.3 Å². The number of carbonyl (C=O) groups is 1. The van der Waals surface area contributed by atoms with Crippen LogP contribution in [0.3, 0.4) is 0 Å². The van der Waals surface area contributed by atoms with Crippen molar-refractivity contribution in [1.82, 2.24) is 10.3 Å². The van der Waals surface area contributed by atoms with E-state index in [0.717, 1.165) is 16.5 Å². The molecule has 0 bridgehead atoms. The number of H-pyrrole nitrogens is 1. The number of rotatable bonds is 8. The van der Waals surface area contributed by atoms with Crippen LogP contribution in [0.2, 0.25) is 0 Å². The zero-order valence-electron chi connectivity index (χ0n) is 17.8. The highest BCUT2D eigenvalue weighted by Crippen LogP contribution is 2.24. The smallest absolute Gasteiger partial charge is 0.264 e. The van der Waals surface area contributed by atoms with E-state index in [-0.39, 0.29) is 17.3 Å². The number of aromatic amines is 1. The van der Waals surface area contributed by atoms with Gasteiger partial charge >= 0.3 is 0 Å². The third kappa shape index (κ3) is 4.38. The van der Waals surface area contributed by atoms with Crippen molar-refractivity contribution in [2.24, 2.45) is 0 Å². The van der Waals surface area contributed by atoms with Gasteiger partial charge in [-0.3, -0.25) is 9.10 Å². The lowest BCUT2D eigenvalue weighted by Gasteiger charge is -2.23. The molecule has 0 unspecified atom stereocenters. The molecule has 0 radical (unpaired) electrons. The van der Waals surface area contributed by atoms with Crippen LogP contribution in [0.1, 0.15) is 22.8 Å². The molecule has 1 amide bonds. The van der Waals surface area contributed by atoms with Crippen molar-refractivity contribution in [2.75, 3.05) is 17.4 Å².